The Kier molecular flexibility index (Phi) is 4.70. The van der Waals surface area contributed by atoms with Crippen LogP contribution in [0, 0.1) is 0 Å². The van der Waals surface area contributed by atoms with Gasteiger partial charge in [0.1, 0.15) is 5.82 Å². The van der Waals surface area contributed by atoms with Gasteiger partial charge in [-0.15, -0.1) is 0 Å². The number of aromatic nitrogens is 1. The first kappa shape index (κ1) is 11.3. The van der Waals surface area contributed by atoms with E-state index < -0.39 is 0 Å². The Morgan fingerprint density at radius 1 is 1.43 bits per heavy atom. The highest BCUT2D eigenvalue weighted by atomic mass is 35.5. The molecule has 0 aliphatic heterocycles. The molecule has 1 heterocycles. The highest BCUT2D eigenvalue weighted by molar-refractivity contribution is 6.30. The molecule has 0 radical (unpaired) electrons. The van der Waals surface area contributed by atoms with Gasteiger partial charge in [-0.05, 0) is 18.6 Å². The van der Waals surface area contributed by atoms with Crippen LogP contribution in [-0.4, -0.2) is 29.8 Å². The third kappa shape index (κ3) is 3.16. The molecule has 1 aromatic heterocycles. The number of aliphatic hydroxyl groups is 1. The fourth-order valence-electron chi connectivity index (χ4n) is 1.29. The minimum atomic E-state index is 0.143. The van der Waals surface area contributed by atoms with E-state index in [2.05, 4.69) is 11.9 Å². The minimum absolute atomic E-state index is 0.143. The molecule has 0 aliphatic carbocycles. The van der Waals surface area contributed by atoms with Gasteiger partial charge in [-0.1, -0.05) is 18.5 Å². The van der Waals surface area contributed by atoms with E-state index in [1.807, 2.05) is 17.0 Å². The summed E-state index contributed by atoms with van der Waals surface area (Å²) in [6.07, 6.45) is 2.65. The third-order valence-electron chi connectivity index (χ3n) is 1.90. The summed E-state index contributed by atoms with van der Waals surface area (Å²) >= 11 is 5.74. The predicted molar refractivity (Wildman–Crippen MR) is 58.8 cm³/mol. The van der Waals surface area contributed by atoms with E-state index in [4.69, 9.17) is 16.7 Å². The lowest BCUT2D eigenvalue weighted by Crippen LogP contribution is -2.28. The molecule has 0 aromatic carbocycles. The molecular weight excluding hydrogens is 200 g/mol. The van der Waals surface area contributed by atoms with E-state index >= 15 is 0 Å². The van der Waals surface area contributed by atoms with Crippen molar-refractivity contribution in [1.29, 1.82) is 0 Å². The molecule has 78 valence electrons. The van der Waals surface area contributed by atoms with Crippen molar-refractivity contribution in [2.75, 3.05) is 24.6 Å². The van der Waals surface area contributed by atoms with E-state index in [1.165, 1.54) is 0 Å². The van der Waals surface area contributed by atoms with Crippen molar-refractivity contribution >= 4 is 17.4 Å². The maximum absolute atomic E-state index is 8.88. The second-order valence-corrected chi connectivity index (χ2v) is 3.48. The Bertz CT molecular complexity index is 257. The van der Waals surface area contributed by atoms with Crippen molar-refractivity contribution in [3.63, 3.8) is 0 Å². The molecule has 0 saturated carbocycles. The summed E-state index contributed by atoms with van der Waals surface area (Å²) < 4.78 is 0. The Labute approximate surface area is 89.3 Å². The average Bonchev–Trinajstić information content (AvgIpc) is 2.19. The topological polar surface area (TPSA) is 36.4 Å². The van der Waals surface area contributed by atoms with Crippen LogP contribution < -0.4 is 4.90 Å². The Balaban J connectivity index is 2.71. The normalized spacial score (nSPS) is 10.2. The standard InChI is InChI=1S/C10H15ClN2O/c1-2-5-13(6-7-14)10-4-3-9(11)8-12-10/h3-4,8,14H,2,5-7H2,1H3. The van der Waals surface area contributed by atoms with Crippen LogP contribution in [0.5, 0.6) is 0 Å². The van der Waals surface area contributed by atoms with Crippen molar-refractivity contribution in [2.24, 2.45) is 0 Å². The summed E-state index contributed by atoms with van der Waals surface area (Å²) in [4.78, 5) is 6.24. The van der Waals surface area contributed by atoms with Crippen molar-refractivity contribution in [3.05, 3.63) is 23.4 Å². The number of pyridine rings is 1. The fraction of sp³-hybridized carbons (Fsp3) is 0.500. The molecule has 0 amide bonds. The van der Waals surface area contributed by atoms with E-state index in [9.17, 15) is 0 Å². The first-order chi connectivity index (χ1) is 6.77. The number of nitrogens with zero attached hydrogens (tertiary/aromatic N) is 2. The van der Waals surface area contributed by atoms with Crippen LogP contribution >= 0.6 is 11.6 Å². The second kappa shape index (κ2) is 5.83. The fourth-order valence-corrected chi connectivity index (χ4v) is 1.40. The van der Waals surface area contributed by atoms with Crippen LogP contribution in [0.4, 0.5) is 5.82 Å². The van der Waals surface area contributed by atoms with E-state index in [1.54, 1.807) is 6.20 Å². The van der Waals surface area contributed by atoms with Crippen LogP contribution in [0.15, 0.2) is 18.3 Å². The Hall–Kier alpha value is -0.800. The van der Waals surface area contributed by atoms with Crippen LogP contribution in [0.2, 0.25) is 5.02 Å². The maximum Gasteiger partial charge on any atom is 0.128 e. The van der Waals surface area contributed by atoms with Crippen molar-refractivity contribution < 1.29 is 5.11 Å². The van der Waals surface area contributed by atoms with Crippen molar-refractivity contribution in [2.45, 2.75) is 13.3 Å². The smallest absolute Gasteiger partial charge is 0.128 e. The molecule has 1 N–H and O–H groups in total. The monoisotopic (exact) mass is 214 g/mol. The van der Waals surface area contributed by atoms with Gasteiger partial charge in [-0.3, -0.25) is 0 Å². The zero-order chi connectivity index (χ0) is 10.4. The summed E-state index contributed by atoms with van der Waals surface area (Å²) in [5.41, 5.74) is 0. The van der Waals surface area contributed by atoms with Crippen LogP contribution in [0.25, 0.3) is 0 Å². The summed E-state index contributed by atoms with van der Waals surface area (Å²) in [5.74, 6) is 0.866. The molecular formula is C10H15ClN2O. The highest BCUT2D eigenvalue weighted by Gasteiger charge is 2.05. The molecule has 0 unspecified atom stereocenters. The summed E-state index contributed by atoms with van der Waals surface area (Å²) in [5, 5.41) is 9.52. The van der Waals surface area contributed by atoms with Crippen molar-refractivity contribution in [1.82, 2.24) is 4.98 Å². The molecule has 4 heteroatoms. The van der Waals surface area contributed by atoms with E-state index in [0.717, 1.165) is 18.8 Å². The second-order valence-electron chi connectivity index (χ2n) is 3.05. The number of aliphatic hydroxyl groups excluding tert-OH is 1. The van der Waals surface area contributed by atoms with Gasteiger partial charge in [0.15, 0.2) is 0 Å². The third-order valence-corrected chi connectivity index (χ3v) is 2.12. The van der Waals surface area contributed by atoms with Crippen molar-refractivity contribution in [3.8, 4) is 0 Å². The molecule has 3 nitrogen and oxygen atoms in total. The molecule has 1 aromatic rings. The number of hydrogen-bond acceptors (Lipinski definition) is 3. The molecule has 1 rings (SSSR count). The van der Waals surface area contributed by atoms with E-state index in [-0.39, 0.29) is 6.61 Å². The summed E-state index contributed by atoms with van der Waals surface area (Å²) in [6, 6.07) is 3.68. The van der Waals surface area contributed by atoms with E-state index in [0.29, 0.717) is 11.6 Å². The van der Waals surface area contributed by atoms with Gasteiger partial charge in [0, 0.05) is 19.3 Å². The van der Waals surface area contributed by atoms with Gasteiger partial charge in [0.25, 0.3) is 0 Å². The first-order valence-corrected chi connectivity index (χ1v) is 5.13. The summed E-state index contributed by atoms with van der Waals surface area (Å²) in [6.45, 7) is 3.75. The lowest BCUT2D eigenvalue weighted by molar-refractivity contribution is 0.301. The number of hydrogen-bond donors (Lipinski definition) is 1. The molecule has 0 bridgehead atoms. The Morgan fingerprint density at radius 3 is 2.71 bits per heavy atom. The lowest BCUT2D eigenvalue weighted by Gasteiger charge is -2.21. The number of halogens is 1. The van der Waals surface area contributed by atoms with Gasteiger partial charge in [0.2, 0.25) is 0 Å². The van der Waals surface area contributed by atoms with Gasteiger partial charge in [-0.25, -0.2) is 4.98 Å². The van der Waals surface area contributed by atoms with Gasteiger partial charge >= 0.3 is 0 Å². The minimum Gasteiger partial charge on any atom is -0.395 e. The molecule has 0 aliphatic rings. The Morgan fingerprint density at radius 2 is 2.21 bits per heavy atom. The predicted octanol–water partition coefficient (Wildman–Crippen LogP) is 1.94. The SMILES string of the molecule is CCCN(CCO)c1ccc(Cl)cn1. The van der Waals surface area contributed by atoms with Gasteiger partial charge in [-0.2, -0.15) is 0 Å². The largest absolute Gasteiger partial charge is 0.395 e. The number of anilines is 1. The zero-order valence-electron chi connectivity index (χ0n) is 8.28. The van der Waals surface area contributed by atoms with Crippen LogP contribution in [-0.2, 0) is 0 Å². The highest BCUT2D eigenvalue weighted by Crippen LogP contribution is 2.14. The molecule has 0 saturated heterocycles. The molecule has 0 fully saturated rings. The zero-order valence-corrected chi connectivity index (χ0v) is 9.04. The van der Waals surface area contributed by atoms with Crippen LogP contribution in [0.3, 0.4) is 0 Å². The molecule has 14 heavy (non-hydrogen) atoms. The molecule has 0 atom stereocenters. The summed E-state index contributed by atoms with van der Waals surface area (Å²) in [7, 11) is 0. The maximum atomic E-state index is 8.88. The van der Waals surface area contributed by atoms with Gasteiger partial charge < -0.3 is 10.0 Å². The molecule has 0 spiro atoms. The number of rotatable bonds is 5. The van der Waals surface area contributed by atoms with Crippen LogP contribution in [0.1, 0.15) is 13.3 Å². The average molecular weight is 215 g/mol. The van der Waals surface area contributed by atoms with Gasteiger partial charge in [0.05, 0.1) is 11.6 Å². The first-order valence-electron chi connectivity index (χ1n) is 4.75. The quantitative estimate of drug-likeness (QED) is 0.814. The lowest BCUT2D eigenvalue weighted by atomic mass is 10.3.